The van der Waals surface area contributed by atoms with Crippen LogP contribution in [0.4, 0.5) is 0 Å². The Morgan fingerprint density at radius 2 is 2.07 bits per heavy atom. The molecule has 0 bridgehead atoms. The molecule has 2 aromatic heterocycles. The molecule has 4 nitrogen and oxygen atoms in total. The molecule has 1 unspecified atom stereocenters. The Labute approximate surface area is 89.3 Å². The molecule has 15 heavy (non-hydrogen) atoms. The van der Waals surface area contributed by atoms with E-state index in [0.29, 0.717) is 5.92 Å². The van der Waals surface area contributed by atoms with Crippen LogP contribution in [-0.4, -0.2) is 19.8 Å². The second-order valence-corrected chi connectivity index (χ2v) is 4.04. The molecule has 0 aromatic carbocycles. The van der Waals surface area contributed by atoms with E-state index in [2.05, 4.69) is 42.1 Å². The standard InChI is InChI=1S/C11H16N4/c1-5-7(2)11-8(3)6-10-13-12-9(4)15(10)14-11/h6-7H,5H2,1-4H3. The van der Waals surface area contributed by atoms with Gasteiger partial charge >= 0.3 is 0 Å². The molecule has 0 fully saturated rings. The third-order valence-corrected chi connectivity index (χ3v) is 2.86. The minimum Gasteiger partial charge on any atom is -0.197 e. The Kier molecular flexibility index (Phi) is 2.42. The summed E-state index contributed by atoms with van der Waals surface area (Å²) in [5.41, 5.74) is 3.18. The number of aromatic nitrogens is 4. The van der Waals surface area contributed by atoms with Crippen molar-refractivity contribution in [3.63, 3.8) is 0 Å². The Morgan fingerprint density at radius 3 is 2.73 bits per heavy atom. The predicted molar refractivity (Wildman–Crippen MR) is 59.0 cm³/mol. The zero-order valence-corrected chi connectivity index (χ0v) is 9.65. The largest absolute Gasteiger partial charge is 0.197 e. The fourth-order valence-electron chi connectivity index (χ4n) is 1.72. The first-order valence-corrected chi connectivity index (χ1v) is 5.33. The van der Waals surface area contributed by atoms with E-state index < -0.39 is 0 Å². The molecule has 2 heterocycles. The molecule has 0 saturated heterocycles. The van der Waals surface area contributed by atoms with Gasteiger partial charge in [-0.05, 0) is 31.9 Å². The maximum Gasteiger partial charge on any atom is 0.178 e. The number of hydrogen-bond donors (Lipinski definition) is 0. The van der Waals surface area contributed by atoms with Crippen molar-refractivity contribution in [3.8, 4) is 0 Å². The molecule has 0 N–H and O–H groups in total. The molecule has 0 aliphatic heterocycles. The van der Waals surface area contributed by atoms with Crippen molar-refractivity contribution in [1.29, 1.82) is 0 Å². The average Bonchev–Trinajstić information content (AvgIpc) is 2.58. The van der Waals surface area contributed by atoms with E-state index in [9.17, 15) is 0 Å². The SMILES string of the molecule is CCC(C)c1nn2c(C)nnc2cc1C. The molecular formula is C11H16N4. The third kappa shape index (κ3) is 1.60. The summed E-state index contributed by atoms with van der Waals surface area (Å²) in [6, 6.07) is 2.05. The molecule has 80 valence electrons. The van der Waals surface area contributed by atoms with Crippen molar-refractivity contribution in [2.75, 3.05) is 0 Å². The van der Waals surface area contributed by atoms with Crippen molar-refractivity contribution in [3.05, 3.63) is 23.1 Å². The summed E-state index contributed by atoms with van der Waals surface area (Å²) in [7, 11) is 0. The summed E-state index contributed by atoms with van der Waals surface area (Å²) in [6.45, 7) is 8.37. The molecule has 0 aliphatic rings. The Morgan fingerprint density at radius 1 is 1.33 bits per heavy atom. The van der Waals surface area contributed by atoms with E-state index >= 15 is 0 Å². The first kappa shape index (κ1) is 10.1. The van der Waals surface area contributed by atoms with Crippen LogP contribution >= 0.6 is 0 Å². The number of fused-ring (bicyclic) bond motifs is 1. The van der Waals surface area contributed by atoms with Crippen LogP contribution in [-0.2, 0) is 0 Å². The van der Waals surface area contributed by atoms with Crippen LogP contribution < -0.4 is 0 Å². The molecule has 1 atom stereocenters. The monoisotopic (exact) mass is 204 g/mol. The minimum absolute atomic E-state index is 0.483. The summed E-state index contributed by atoms with van der Waals surface area (Å²) in [6.07, 6.45) is 1.10. The van der Waals surface area contributed by atoms with Crippen LogP contribution in [0.25, 0.3) is 5.65 Å². The fourth-order valence-corrected chi connectivity index (χ4v) is 1.72. The van der Waals surface area contributed by atoms with Gasteiger partial charge in [-0.1, -0.05) is 13.8 Å². The van der Waals surface area contributed by atoms with Crippen molar-refractivity contribution < 1.29 is 0 Å². The third-order valence-electron chi connectivity index (χ3n) is 2.86. The van der Waals surface area contributed by atoms with Gasteiger partial charge in [-0.2, -0.15) is 9.61 Å². The normalized spacial score (nSPS) is 13.3. The quantitative estimate of drug-likeness (QED) is 0.753. The molecule has 0 aliphatic carbocycles. The first-order chi connectivity index (χ1) is 7.13. The highest BCUT2D eigenvalue weighted by Gasteiger charge is 2.11. The van der Waals surface area contributed by atoms with Gasteiger partial charge in [0.1, 0.15) is 0 Å². The van der Waals surface area contributed by atoms with Crippen LogP contribution in [0, 0.1) is 13.8 Å². The van der Waals surface area contributed by atoms with Gasteiger partial charge in [0.2, 0.25) is 0 Å². The molecule has 0 saturated carbocycles. The summed E-state index contributed by atoms with van der Waals surface area (Å²) in [5.74, 6) is 1.32. The number of aryl methyl sites for hydroxylation is 2. The fraction of sp³-hybridized carbons (Fsp3) is 0.545. The second-order valence-electron chi connectivity index (χ2n) is 4.04. The lowest BCUT2D eigenvalue weighted by Gasteiger charge is -2.11. The maximum absolute atomic E-state index is 4.60. The lowest BCUT2D eigenvalue weighted by molar-refractivity contribution is 0.670. The van der Waals surface area contributed by atoms with Crippen molar-refractivity contribution >= 4 is 5.65 Å². The smallest absolute Gasteiger partial charge is 0.178 e. The summed E-state index contributed by atoms with van der Waals surface area (Å²) >= 11 is 0. The van der Waals surface area contributed by atoms with Crippen LogP contribution in [0.3, 0.4) is 0 Å². The maximum atomic E-state index is 4.60. The van der Waals surface area contributed by atoms with E-state index in [1.807, 2.05) is 11.4 Å². The highest BCUT2D eigenvalue weighted by molar-refractivity contribution is 5.41. The topological polar surface area (TPSA) is 43.1 Å². The van der Waals surface area contributed by atoms with E-state index in [-0.39, 0.29) is 0 Å². The molecule has 2 rings (SSSR count). The Balaban J connectivity index is 2.64. The van der Waals surface area contributed by atoms with E-state index in [1.165, 1.54) is 5.56 Å². The van der Waals surface area contributed by atoms with Crippen LogP contribution in [0.1, 0.15) is 43.3 Å². The Bertz CT molecular complexity index is 487. The lowest BCUT2D eigenvalue weighted by atomic mass is 10.0. The van der Waals surface area contributed by atoms with Gasteiger partial charge in [-0.15, -0.1) is 10.2 Å². The minimum atomic E-state index is 0.483. The van der Waals surface area contributed by atoms with Crippen LogP contribution in [0.2, 0.25) is 0 Å². The van der Waals surface area contributed by atoms with Crippen molar-refractivity contribution in [1.82, 2.24) is 19.8 Å². The van der Waals surface area contributed by atoms with Gasteiger partial charge in [0.05, 0.1) is 5.69 Å². The highest BCUT2D eigenvalue weighted by atomic mass is 15.4. The van der Waals surface area contributed by atoms with Crippen LogP contribution in [0.15, 0.2) is 6.07 Å². The van der Waals surface area contributed by atoms with Gasteiger partial charge < -0.3 is 0 Å². The molecule has 0 radical (unpaired) electrons. The van der Waals surface area contributed by atoms with Gasteiger partial charge in [0, 0.05) is 5.92 Å². The lowest BCUT2D eigenvalue weighted by Crippen LogP contribution is -2.05. The summed E-state index contributed by atoms with van der Waals surface area (Å²) in [5, 5.41) is 12.7. The Hall–Kier alpha value is -1.45. The van der Waals surface area contributed by atoms with Gasteiger partial charge in [-0.25, -0.2) is 0 Å². The van der Waals surface area contributed by atoms with E-state index in [1.54, 1.807) is 0 Å². The zero-order chi connectivity index (χ0) is 11.0. The first-order valence-electron chi connectivity index (χ1n) is 5.33. The van der Waals surface area contributed by atoms with Crippen LogP contribution in [0.5, 0.6) is 0 Å². The molecule has 0 spiro atoms. The number of rotatable bonds is 2. The van der Waals surface area contributed by atoms with Crippen molar-refractivity contribution in [2.45, 2.75) is 40.0 Å². The van der Waals surface area contributed by atoms with Gasteiger partial charge in [0.25, 0.3) is 0 Å². The summed E-state index contributed by atoms with van der Waals surface area (Å²) in [4.78, 5) is 0. The highest BCUT2D eigenvalue weighted by Crippen LogP contribution is 2.20. The van der Waals surface area contributed by atoms with Gasteiger partial charge in [0.15, 0.2) is 11.5 Å². The average molecular weight is 204 g/mol. The molecular weight excluding hydrogens is 188 g/mol. The number of hydrogen-bond acceptors (Lipinski definition) is 3. The molecule has 2 aromatic rings. The zero-order valence-electron chi connectivity index (χ0n) is 9.65. The molecule has 0 amide bonds. The summed E-state index contributed by atoms with van der Waals surface area (Å²) < 4.78 is 1.81. The second kappa shape index (κ2) is 3.61. The van der Waals surface area contributed by atoms with E-state index in [0.717, 1.165) is 23.6 Å². The van der Waals surface area contributed by atoms with Crippen molar-refractivity contribution in [2.24, 2.45) is 0 Å². The number of nitrogens with zero attached hydrogens (tertiary/aromatic N) is 4. The van der Waals surface area contributed by atoms with Gasteiger partial charge in [-0.3, -0.25) is 0 Å². The van der Waals surface area contributed by atoms with E-state index in [4.69, 9.17) is 0 Å². The molecule has 4 heteroatoms. The predicted octanol–water partition coefficient (Wildman–Crippen LogP) is 2.25.